The minimum atomic E-state index is 0.0580. The van der Waals surface area contributed by atoms with Gasteiger partial charge in [-0.15, -0.1) is 11.3 Å². The van der Waals surface area contributed by atoms with Crippen LogP contribution in [0.25, 0.3) is 0 Å². The molecule has 0 aromatic carbocycles. The third kappa shape index (κ3) is 3.63. The minimum Gasteiger partial charge on any atom is -0.473 e. The zero-order valence-corrected chi connectivity index (χ0v) is 13.2. The van der Waals surface area contributed by atoms with Gasteiger partial charge in [-0.25, -0.2) is 0 Å². The normalized spacial score (nSPS) is 10.8. The Morgan fingerprint density at radius 1 is 1.35 bits per heavy atom. The van der Waals surface area contributed by atoms with E-state index in [9.17, 15) is 0 Å². The van der Waals surface area contributed by atoms with Crippen LogP contribution in [0, 0.1) is 13.8 Å². The molecule has 5 heteroatoms. The molecule has 0 aliphatic carbocycles. The number of hydrogen-bond acceptors (Lipinski definition) is 5. The Morgan fingerprint density at radius 3 is 2.70 bits per heavy atom. The van der Waals surface area contributed by atoms with Gasteiger partial charge in [0.2, 0.25) is 5.88 Å². The summed E-state index contributed by atoms with van der Waals surface area (Å²) in [6.45, 7) is 8.94. The zero-order valence-electron chi connectivity index (χ0n) is 12.4. The number of thiophene rings is 1. The first-order valence-corrected chi connectivity index (χ1v) is 7.50. The Bertz CT molecular complexity index is 573. The largest absolute Gasteiger partial charge is 0.473 e. The molecule has 2 rings (SSSR count). The molecule has 2 aromatic heterocycles. The van der Waals surface area contributed by atoms with E-state index in [1.807, 2.05) is 26.0 Å². The molecule has 0 atom stereocenters. The predicted molar refractivity (Wildman–Crippen MR) is 85.5 cm³/mol. The number of aromatic nitrogens is 1. The van der Waals surface area contributed by atoms with Gasteiger partial charge in [-0.2, -0.15) is 4.98 Å². The number of aryl methyl sites for hydroxylation is 2. The maximum absolute atomic E-state index is 5.85. The van der Waals surface area contributed by atoms with E-state index < -0.39 is 0 Å². The molecule has 0 radical (unpaired) electrons. The fourth-order valence-electron chi connectivity index (χ4n) is 1.78. The molecule has 0 saturated carbocycles. The summed E-state index contributed by atoms with van der Waals surface area (Å²) in [6.07, 6.45) is 0.0580. The standard InChI is InChI=1S/C15H21N3OS/c1-9(2)19-15-13(16)5-6-14(18-15)17-8-12-7-10(3)11(4)20-12/h5-7,9H,8,16H2,1-4H3,(H,17,18). The summed E-state index contributed by atoms with van der Waals surface area (Å²) in [4.78, 5) is 7.06. The van der Waals surface area contributed by atoms with E-state index in [0.29, 0.717) is 11.6 Å². The number of pyridine rings is 1. The predicted octanol–water partition coefficient (Wildman–Crippen LogP) is 3.74. The van der Waals surface area contributed by atoms with Crippen molar-refractivity contribution in [3.05, 3.63) is 33.5 Å². The maximum atomic E-state index is 5.85. The van der Waals surface area contributed by atoms with Crippen LogP contribution < -0.4 is 15.8 Å². The lowest BCUT2D eigenvalue weighted by Gasteiger charge is -2.12. The van der Waals surface area contributed by atoms with Crippen LogP contribution in [-0.4, -0.2) is 11.1 Å². The van der Waals surface area contributed by atoms with E-state index in [0.717, 1.165) is 12.4 Å². The number of nitrogen functional groups attached to an aromatic ring is 1. The Morgan fingerprint density at radius 2 is 2.10 bits per heavy atom. The van der Waals surface area contributed by atoms with Gasteiger partial charge in [0.15, 0.2) is 0 Å². The van der Waals surface area contributed by atoms with Crippen molar-refractivity contribution in [1.82, 2.24) is 4.98 Å². The molecule has 0 amide bonds. The molecule has 0 fully saturated rings. The molecule has 20 heavy (non-hydrogen) atoms. The Kier molecular flexibility index (Phi) is 4.49. The summed E-state index contributed by atoms with van der Waals surface area (Å²) in [5.74, 6) is 1.27. The molecular weight excluding hydrogens is 270 g/mol. The number of nitrogens with two attached hydrogens (primary N) is 1. The molecule has 0 aliphatic heterocycles. The van der Waals surface area contributed by atoms with Gasteiger partial charge < -0.3 is 15.8 Å². The quantitative estimate of drug-likeness (QED) is 0.881. The van der Waals surface area contributed by atoms with Gasteiger partial charge in [0.05, 0.1) is 18.3 Å². The summed E-state index contributed by atoms with van der Waals surface area (Å²) in [6, 6.07) is 5.89. The maximum Gasteiger partial charge on any atom is 0.239 e. The van der Waals surface area contributed by atoms with E-state index in [2.05, 4.69) is 30.2 Å². The average Bonchev–Trinajstić information content (AvgIpc) is 2.69. The monoisotopic (exact) mass is 291 g/mol. The number of hydrogen-bond donors (Lipinski definition) is 2. The first kappa shape index (κ1) is 14.7. The minimum absolute atomic E-state index is 0.0580. The van der Waals surface area contributed by atoms with Crippen LogP contribution in [0.2, 0.25) is 0 Å². The topological polar surface area (TPSA) is 60.2 Å². The van der Waals surface area contributed by atoms with Gasteiger partial charge >= 0.3 is 0 Å². The van der Waals surface area contributed by atoms with Gasteiger partial charge in [-0.3, -0.25) is 0 Å². The van der Waals surface area contributed by atoms with Crippen LogP contribution >= 0.6 is 11.3 Å². The van der Waals surface area contributed by atoms with Crippen molar-refractivity contribution in [2.24, 2.45) is 0 Å². The lowest BCUT2D eigenvalue weighted by atomic mass is 10.3. The van der Waals surface area contributed by atoms with E-state index in [1.54, 1.807) is 11.3 Å². The molecule has 0 aliphatic rings. The molecule has 0 spiro atoms. The second-order valence-electron chi connectivity index (χ2n) is 5.06. The van der Waals surface area contributed by atoms with E-state index >= 15 is 0 Å². The van der Waals surface area contributed by atoms with Gasteiger partial charge in [-0.05, 0) is 51.5 Å². The zero-order chi connectivity index (χ0) is 14.7. The van der Waals surface area contributed by atoms with Crippen LogP contribution in [-0.2, 0) is 6.54 Å². The van der Waals surface area contributed by atoms with Crippen molar-refractivity contribution < 1.29 is 4.74 Å². The SMILES string of the molecule is Cc1cc(CNc2ccc(N)c(OC(C)C)n2)sc1C. The summed E-state index contributed by atoms with van der Waals surface area (Å²) in [7, 11) is 0. The van der Waals surface area contributed by atoms with Crippen LogP contribution in [0.3, 0.4) is 0 Å². The molecule has 4 nitrogen and oxygen atoms in total. The van der Waals surface area contributed by atoms with Gasteiger partial charge in [-0.1, -0.05) is 0 Å². The number of nitrogens with zero attached hydrogens (tertiary/aromatic N) is 1. The van der Waals surface area contributed by atoms with Crippen LogP contribution in [0.5, 0.6) is 5.88 Å². The molecule has 2 heterocycles. The second kappa shape index (κ2) is 6.13. The highest BCUT2D eigenvalue weighted by Gasteiger charge is 2.07. The van der Waals surface area contributed by atoms with Crippen LogP contribution in [0.4, 0.5) is 11.5 Å². The summed E-state index contributed by atoms with van der Waals surface area (Å²) >= 11 is 1.81. The van der Waals surface area contributed by atoms with Crippen molar-refractivity contribution >= 4 is 22.8 Å². The van der Waals surface area contributed by atoms with Gasteiger partial charge in [0.25, 0.3) is 0 Å². The molecule has 0 saturated heterocycles. The summed E-state index contributed by atoms with van der Waals surface area (Å²) in [5.41, 5.74) is 7.75. The number of nitrogens with one attached hydrogen (secondary N) is 1. The smallest absolute Gasteiger partial charge is 0.239 e. The van der Waals surface area contributed by atoms with Gasteiger partial charge in [0, 0.05) is 9.75 Å². The highest BCUT2D eigenvalue weighted by Crippen LogP contribution is 2.24. The first-order chi connectivity index (χ1) is 9.45. The number of ether oxygens (including phenoxy) is 1. The second-order valence-corrected chi connectivity index (χ2v) is 6.40. The molecular formula is C15H21N3OS. The molecule has 0 unspecified atom stereocenters. The van der Waals surface area contributed by atoms with Crippen molar-refractivity contribution in [3.8, 4) is 5.88 Å². The van der Waals surface area contributed by atoms with E-state index in [-0.39, 0.29) is 6.10 Å². The molecule has 0 bridgehead atoms. The van der Waals surface area contributed by atoms with Crippen LogP contribution in [0.1, 0.15) is 29.2 Å². The Balaban J connectivity index is 2.06. The third-order valence-electron chi connectivity index (χ3n) is 2.90. The molecule has 2 aromatic rings. The Labute approximate surface area is 124 Å². The average molecular weight is 291 g/mol. The summed E-state index contributed by atoms with van der Waals surface area (Å²) in [5, 5.41) is 3.31. The fraction of sp³-hybridized carbons (Fsp3) is 0.400. The van der Waals surface area contributed by atoms with Crippen molar-refractivity contribution in [2.45, 2.75) is 40.3 Å². The molecule has 108 valence electrons. The fourth-order valence-corrected chi connectivity index (χ4v) is 2.78. The summed E-state index contributed by atoms with van der Waals surface area (Å²) < 4.78 is 5.59. The lowest BCUT2D eigenvalue weighted by Crippen LogP contribution is -2.10. The van der Waals surface area contributed by atoms with Crippen molar-refractivity contribution in [3.63, 3.8) is 0 Å². The third-order valence-corrected chi connectivity index (χ3v) is 4.05. The molecule has 3 N–H and O–H groups in total. The van der Waals surface area contributed by atoms with Gasteiger partial charge in [0.1, 0.15) is 5.82 Å². The van der Waals surface area contributed by atoms with Crippen molar-refractivity contribution in [1.29, 1.82) is 0 Å². The number of anilines is 2. The number of rotatable bonds is 5. The van der Waals surface area contributed by atoms with Crippen molar-refractivity contribution in [2.75, 3.05) is 11.1 Å². The first-order valence-electron chi connectivity index (χ1n) is 6.68. The van der Waals surface area contributed by atoms with Crippen LogP contribution in [0.15, 0.2) is 18.2 Å². The van der Waals surface area contributed by atoms with E-state index in [1.165, 1.54) is 15.3 Å². The lowest BCUT2D eigenvalue weighted by molar-refractivity contribution is 0.234. The highest BCUT2D eigenvalue weighted by atomic mass is 32.1. The Hall–Kier alpha value is -1.75. The van der Waals surface area contributed by atoms with E-state index in [4.69, 9.17) is 10.5 Å². The highest BCUT2D eigenvalue weighted by molar-refractivity contribution is 7.12.